The second kappa shape index (κ2) is 15.7. The van der Waals surface area contributed by atoms with Gasteiger partial charge in [0.05, 0.1) is 0 Å². The number of allylic oxidation sites excluding steroid dienone is 2. The van der Waals surface area contributed by atoms with E-state index in [1.165, 1.54) is 34.9 Å². The molecule has 0 unspecified atom stereocenters. The van der Waals surface area contributed by atoms with E-state index < -0.39 is 11.7 Å². The van der Waals surface area contributed by atoms with Gasteiger partial charge in [0.15, 0.2) is 5.78 Å². The van der Waals surface area contributed by atoms with E-state index in [0.29, 0.717) is 16.6 Å². The molecule has 273 valence electrons. The van der Waals surface area contributed by atoms with Crippen molar-refractivity contribution in [3.8, 4) is 22.4 Å². The van der Waals surface area contributed by atoms with Crippen molar-refractivity contribution in [2.45, 2.75) is 74.4 Å². The minimum Gasteiger partial charge on any atom is -0.512 e. The van der Waals surface area contributed by atoms with Gasteiger partial charge in [0.2, 0.25) is 0 Å². The molecule has 1 aromatic heterocycles. The molecule has 0 saturated carbocycles. The molecule has 0 fully saturated rings. The topological polar surface area (TPSA) is 50.2 Å². The van der Waals surface area contributed by atoms with Crippen molar-refractivity contribution in [2.24, 2.45) is 10.8 Å². The predicted octanol–water partition coefficient (Wildman–Crippen LogP) is 13.2. The SMILES string of the molecule is CCC(C)(C)C(=O)/C=C(\O)C(C)(C)CC.Cc1cccc(C)c1-c1ccc2c(ccc3c(-c4[c-]c5ccccc5c(C(F)(F)F)c4)nccc32)c1.[Ir]. The number of hydrogen-bond acceptors (Lipinski definition) is 3. The van der Waals surface area contributed by atoms with Crippen LogP contribution in [0.4, 0.5) is 13.2 Å². The first-order chi connectivity index (χ1) is 24.0. The Labute approximate surface area is 318 Å². The van der Waals surface area contributed by atoms with E-state index in [9.17, 15) is 23.1 Å². The number of nitrogens with zero attached hydrogens (tertiary/aromatic N) is 1. The summed E-state index contributed by atoms with van der Waals surface area (Å²) >= 11 is 0. The monoisotopic (exact) mass is 881 g/mol. The Balaban J connectivity index is 0.000000323. The zero-order valence-corrected chi connectivity index (χ0v) is 33.3. The molecule has 5 aromatic carbocycles. The third-order valence-corrected chi connectivity index (χ3v) is 10.3. The van der Waals surface area contributed by atoms with Crippen molar-refractivity contribution in [3.63, 3.8) is 0 Å². The maximum Gasteiger partial charge on any atom is 0.403 e. The van der Waals surface area contributed by atoms with Gasteiger partial charge in [-0.05, 0) is 88.2 Å². The number of rotatable bonds is 7. The number of aryl methyl sites for hydroxylation is 2. The Morgan fingerprint density at radius 2 is 1.40 bits per heavy atom. The molecule has 0 aliphatic rings. The number of pyridine rings is 1. The molecule has 1 heterocycles. The summed E-state index contributed by atoms with van der Waals surface area (Å²) in [6, 6.07) is 29.4. The number of fused-ring (bicyclic) bond motifs is 4. The molecule has 7 heteroatoms. The Kier molecular flexibility index (Phi) is 12.2. The van der Waals surface area contributed by atoms with Crippen molar-refractivity contribution in [2.75, 3.05) is 0 Å². The summed E-state index contributed by atoms with van der Waals surface area (Å²) in [5.41, 5.74) is 4.26. The number of aromatic nitrogens is 1. The molecule has 6 rings (SSSR count). The van der Waals surface area contributed by atoms with Crippen LogP contribution >= 0.6 is 0 Å². The largest absolute Gasteiger partial charge is 0.512 e. The molecule has 0 bridgehead atoms. The van der Waals surface area contributed by atoms with Crippen LogP contribution in [0.25, 0.3) is 54.7 Å². The van der Waals surface area contributed by atoms with Crippen LogP contribution in [0.5, 0.6) is 0 Å². The van der Waals surface area contributed by atoms with Crippen LogP contribution in [0.15, 0.2) is 103 Å². The predicted molar refractivity (Wildman–Crippen MR) is 205 cm³/mol. The summed E-state index contributed by atoms with van der Waals surface area (Å²) in [6.45, 7) is 15.9. The fourth-order valence-electron chi connectivity index (χ4n) is 6.10. The quantitative estimate of drug-likeness (QED) is 0.0752. The second-order valence-corrected chi connectivity index (χ2v) is 14.5. The van der Waals surface area contributed by atoms with Gasteiger partial charge in [-0.15, -0.1) is 23.6 Å². The Morgan fingerprint density at radius 3 is 2.04 bits per heavy atom. The van der Waals surface area contributed by atoms with Crippen LogP contribution in [-0.4, -0.2) is 15.9 Å². The number of aliphatic hydroxyl groups is 1. The summed E-state index contributed by atoms with van der Waals surface area (Å²) in [4.78, 5) is 16.3. The fraction of sp³-hybridized carbons (Fsp3) is 0.289. The summed E-state index contributed by atoms with van der Waals surface area (Å²) in [5.74, 6) is 0.195. The van der Waals surface area contributed by atoms with Crippen LogP contribution in [-0.2, 0) is 31.1 Å². The molecule has 0 amide bonds. The standard InChI is InChI=1S/C32H21F3N.C13H24O2.Ir/c1-19-6-5-7-20(2)30(19)23-11-12-25-22(16-23)10-13-28-27(25)14-15-36-31(28)24-17-21-8-3-4-9-26(21)29(18-24)32(33,34)35;1-7-12(3,4)10(14)9-11(15)13(5,6)8-2;/h3-16,18H,1-2H3;9,14H,7-8H2,1-6H3;/q-1;;/b;10-9-;. The fourth-order valence-corrected chi connectivity index (χ4v) is 6.10. The Morgan fingerprint density at radius 1 is 0.769 bits per heavy atom. The van der Waals surface area contributed by atoms with Gasteiger partial charge in [0, 0.05) is 48.9 Å². The number of carbonyl (C=O) groups is 1. The Bertz CT molecular complexity index is 2270. The first kappa shape index (κ1) is 40.4. The first-order valence-electron chi connectivity index (χ1n) is 17.3. The molecule has 0 aliphatic carbocycles. The summed E-state index contributed by atoms with van der Waals surface area (Å²) in [5, 5.41) is 14.2. The van der Waals surface area contributed by atoms with Gasteiger partial charge in [0.25, 0.3) is 0 Å². The normalized spacial score (nSPS) is 12.4. The van der Waals surface area contributed by atoms with Crippen molar-refractivity contribution >= 4 is 38.1 Å². The third kappa shape index (κ3) is 8.32. The van der Waals surface area contributed by atoms with E-state index >= 15 is 0 Å². The van der Waals surface area contributed by atoms with E-state index in [0.717, 1.165) is 39.9 Å². The number of halogens is 3. The number of hydrogen-bond donors (Lipinski definition) is 1. The van der Waals surface area contributed by atoms with Crippen LogP contribution in [0.1, 0.15) is 71.1 Å². The van der Waals surface area contributed by atoms with Gasteiger partial charge in [-0.2, -0.15) is 13.2 Å². The van der Waals surface area contributed by atoms with Crippen molar-refractivity contribution in [1.82, 2.24) is 4.98 Å². The zero-order valence-electron chi connectivity index (χ0n) is 30.9. The molecular formula is C45H45F3IrNO2-. The van der Waals surface area contributed by atoms with E-state index in [-0.39, 0.29) is 47.9 Å². The van der Waals surface area contributed by atoms with E-state index in [2.05, 4.69) is 61.3 Å². The van der Waals surface area contributed by atoms with Crippen LogP contribution in [0.3, 0.4) is 0 Å². The van der Waals surface area contributed by atoms with Gasteiger partial charge in [0.1, 0.15) is 5.76 Å². The van der Waals surface area contributed by atoms with Gasteiger partial charge in [-0.3, -0.25) is 9.78 Å². The second-order valence-electron chi connectivity index (χ2n) is 14.5. The number of ketones is 1. The number of alkyl halides is 3. The molecule has 0 aliphatic heterocycles. The average molecular weight is 881 g/mol. The molecule has 3 nitrogen and oxygen atoms in total. The van der Waals surface area contributed by atoms with E-state index in [1.807, 2.05) is 59.7 Å². The molecule has 6 aromatic rings. The van der Waals surface area contributed by atoms with Crippen molar-refractivity contribution in [1.29, 1.82) is 0 Å². The molecular weight excluding hydrogens is 836 g/mol. The molecule has 1 N–H and O–H groups in total. The van der Waals surface area contributed by atoms with Gasteiger partial charge < -0.3 is 5.11 Å². The average Bonchev–Trinajstić information content (AvgIpc) is 3.10. The molecule has 0 saturated heterocycles. The summed E-state index contributed by atoms with van der Waals surface area (Å²) < 4.78 is 41.8. The van der Waals surface area contributed by atoms with Crippen LogP contribution < -0.4 is 0 Å². The van der Waals surface area contributed by atoms with Gasteiger partial charge in [-0.1, -0.05) is 113 Å². The maximum atomic E-state index is 13.9. The molecule has 0 atom stereocenters. The summed E-state index contributed by atoms with van der Waals surface area (Å²) in [7, 11) is 0. The van der Waals surface area contributed by atoms with Crippen LogP contribution in [0.2, 0.25) is 0 Å². The van der Waals surface area contributed by atoms with E-state index in [1.54, 1.807) is 24.4 Å². The first-order valence-corrected chi connectivity index (χ1v) is 17.3. The maximum absolute atomic E-state index is 13.9. The minimum absolute atomic E-state index is 0. The van der Waals surface area contributed by atoms with Crippen molar-refractivity contribution in [3.05, 3.63) is 126 Å². The third-order valence-electron chi connectivity index (χ3n) is 10.3. The zero-order chi connectivity index (χ0) is 37.3. The molecule has 52 heavy (non-hydrogen) atoms. The number of aliphatic hydroxyl groups excluding tert-OH is 1. The van der Waals surface area contributed by atoms with Gasteiger partial charge >= 0.3 is 6.18 Å². The van der Waals surface area contributed by atoms with Gasteiger partial charge in [-0.25, -0.2) is 0 Å². The summed E-state index contributed by atoms with van der Waals surface area (Å²) in [6.07, 6.45) is 0.169. The van der Waals surface area contributed by atoms with Crippen LogP contribution in [0, 0.1) is 30.7 Å². The number of benzene rings is 5. The number of carbonyl (C=O) groups excluding carboxylic acids is 1. The van der Waals surface area contributed by atoms with Crippen molar-refractivity contribution < 1.29 is 43.2 Å². The molecule has 1 radical (unpaired) electrons. The smallest absolute Gasteiger partial charge is 0.403 e. The molecule has 0 spiro atoms. The minimum atomic E-state index is -4.48. The van der Waals surface area contributed by atoms with E-state index in [4.69, 9.17) is 0 Å². The Hall–Kier alpha value is -4.32.